The van der Waals surface area contributed by atoms with Gasteiger partial charge in [0, 0.05) is 6.04 Å². The lowest BCUT2D eigenvalue weighted by Gasteiger charge is -2.39. The maximum atomic E-state index is 11.2. The molecule has 1 heterocycles. The third-order valence-electron chi connectivity index (χ3n) is 6.23. The molecule has 2 fully saturated rings. The van der Waals surface area contributed by atoms with Crippen molar-refractivity contribution >= 4 is 10.0 Å². The van der Waals surface area contributed by atoms with Crippen LogP contribution in [-0.2, 0) is 16.6 Å². The van der Waals surface area contributed by atoms with Crippen LogP contribution in [0.3, 0.4) is 0 Å². The minimum atomic E-state index is -3.75. The molecule has 2 saturated carbocycles. The maximum absolute atomic E-state index is 11.2. The van der Waals surface area contributed by atoms with E-state index >= 15 is 0 Å². The van der Waals surface area contributed by atoms with Crippen molar-refractivity contribution in [3.63, 3.8) is 0 Å². The molecule has 21 heavy (non-hydrogen) atoms. The molecular formula is C15H24N2O3S. The second kappa shape index (κ2) is 4.57. The molecule has 6 heteroatoms. The van der Waals surface area contributed by atoms with Crippen molar-refractivity contribution in [1.82, 2.24) is 5.32 Å². The summed E-state index contributed by atoms with van der Waals surface area (Å²) in [6, 6.07) is 3.54. The molecule has 0 amide bonds. The van der Waals surface area contributed by atoms with E-state index in [-0.39, 0.29) is 5.09 Å². The van der Waals surface area contributed by atoms with Gasteiger partial charge >= 0.3 is 0 Å². The Labute approximate surface area is 126 Å². The Morgan fingerprint density at radius 3 is 2.57 bits per heavy atom. The van der Waals surface area contributed by atoms with Gasteiger partial charge in [-0.25, -0.2) is 13.6 Å². The first-order chi connectivity index (χ1) is 9.64. The van der Waals surface area contributed by atoms with Gasteiger partial charge in [0.1, 0.15) is 5.76 Å². The standard InChI is InChI=1S/C15H24N2O3S/c1-14(2)10-6-7-15(14,3)12(8-10)17-9-11-4-5-13(20-11)21(16,18)19/h4-5,10,12,17H,6-9H2,1-3H3,(H2,16,18,19). The summed E-state index contributed by atoms with van der Waals surface area (Å²) < 4.78 is 27.7. The van der Waals surface area contributed by atoms with Crippen LogP contribution in [0.15, 0.2) is 21.6 Å². The quantitative estimate of drug-likeness (QED) is 0.893. The highest BCUT2D eigenvalue weighted by molar-refractivity contribution is 7.89. The van der Waals surface area contributed by atoms with E-state index in [2.05, 4.69) is 26.1 Å². The van der Waals surface area contributed by atoms with Crippen LogP contribution in [0.2, 0.25) is 0 Å². The number of rotatable bonds is 4. The Balaban J connectivity index is 1.68. The van der Waals surface area contributed by atoms with Gasteiger partial charge in [0.15, 0.2) is 0 Å². The fourth-order valence-electron chi connectivity index (χ4n) is 4.34. The summed E-state index contributed by atoms with van der Waals surface area (Å²) in [4.78, 5) is 0. The fraction of sp³-hybridized carbons (Fsp3) is 0.733. The first kappa shape index (κ1) is 15.1. The van der Waals surface area contributed by atoms with E-state index in [4.69, 9.17) is 9.56 Å². The summed E-state index contributed by atoms with van der Waals surface area (Å²) in [5.74, 6) is 1.39. The highest BCUT2D eigenvalue weighted by atomic mass is 32.2. The van der Waals surface area contributed by atoms with E-state index in [0.29, 0.717) is 29.2 Å². The van der Waals surface area contributed by atoms with Crippen molar-refractivity contribution in [3.8, 4) is 0 Å². The van der Waals surface area contributed by atoms with E-state index in [1.807, 2.05) is 0 Å². The lowest BCUT2D eigenvalue weighted by atomic mass is 9.69. The number of hydrogen-bond acceptors (Lipinski definition) is 4. The van der Waals surface area contributed by atoms with Crippen LogP contribution >= 0.6 is 0 Å². The van der Waals surface area contributed by atoms with Crippen LogP contribution in [-0.4, -0.2) is 14.5 Å². The summed E-state index contributed by atoms with van der Waals surface area (Å²) in [6.45, 7) is 7.66. The molecular weight excluding hydrogens is 288 g/mol. The Bertz CT molecular complexity index is 650. The topological polar surface area (TPSA) is 85.3 Å². The van der Waals surface area contributed by atoms with Crippen molar-refractivity contribution < 1.29 is 12.8 Å². The molecule has 118 valence electrons. The van der Waals surface area contributed by atoms with Gasteiger partial charge in [0.05, 0.1) is 6.54 Å². The summed E-state index contributed by atoms with van der Waals surface area (Å²) in [5.41, 5.74) is 0.659. The largest absolute Gasteiger partial charge is 0.447 e. The molecule has 3 rings (SSSR count). The van der Waals surface area contributed by atoms with Crippen LogP contribution in [0.1, 0.15) is 45.8 Å². The number of fused-ring (bicyclic) bond motifs is 2. The van der Waals surface area contributed by atoms with Crippen LogP contribution in [0.25, 0.3) is 0 Å². The average Bonchev–Trinajstić information content (AvgIpc) is 2.97. The van der Waals surface area contributed by atoms with Crippen LogP contribution in [0.4, 0.5) is 0 Å². The average molecular weight is 312 g/mol. The van der Waals surface area contributed by atoms with Gasteiger partial charge in [-0.15, -0.1) is 0 Å². The van der Waals surface area contributed by atoms with Crippen LogP contribution < -0.4 is 10.5 Å². The van der Waals surface area contributed by atoms with E-state index < -0.39 is 10.0 Å². The molecule has 1 aromatic heterocycles. The Morgan fingerprint density at radius 2 is 2.10 bits per heavy atom. The molecule has 1 aromatic rings. The predicted octanol–water partition coefficient (Wildman–Crippen LogP) is 2.23. The van der Waals surface area contributed by atoms with Gasteiger partial charge in [-0.2, -0.15) is 0 Å². The molecule has 0 aromatic carbocycles. The van der Waals surface area contributed by atoms with Gasteiger partial charge in [0.25, 0.3) is 10.0 Å². The van der Waals surface area contributed by atoms with Crippen LogP contribution in [0, 0.1) is 16.7 Å². The molecule has 0 aliphatic heterocycles. The van der Waals surface area contributed by atoms with Gasteiger partial charge in [0.2, 0.25) is 5.09 Å². The number of nitrogens with one attached hydrogen (secondary N) is 1. The van der Waals surface area contributed by atoms with Crippen LogP contribution in [0.5, 0.6) is 0 Å². The van der Waals surface area contributed by atoms with E-state index in [0.717, 1.165) is 5.92 Å². The highest BCUT2D eigenvalue weighted by Gasteiger charge is 2.60. The molecule has 3 atom stereocenters. The van der Waals surface area contributed by atoms with Gasteiger partial charge in [-0.3, -0.25) is 0 Å². The van der Waals surface area contributed by atoms with E-state index in [1.54, 1.807) is 6.07 Å². The summed E-state index contributed by atoms with van der Waals surface area (Å²) in [7, 11) is -3.75. The van der Waals surface area contributed by atoms with Gasteiger partial charge in [-0.05, 0) is 48.1 Å². The Morgan fingerprint density at radius 1 is 1.38 bits per heavy atom. The van der Waals surface area contributed by atoms with Gasteiger partial charge in [-0.1, -0.05) is 20.8 Å². The third-order valence-corrected chi connectivity index (χ3v) is 7.01. The lowest BCUT2D eigenvalue weighted by molar-refractivity contribution is 0.119. The van der Waals surface area contributed by atoms with Crippen molar-refractivity contribution in [2.24, 2.45) is 21.9 Å². The zero-order chi connectivity index (χ0) is 15.5. The molecule has 0 radical (unpaired) electrons. The summed E-state index contributed by atoms with van der Waals surface area (Å²) in [6.07, 6.45) is 3.76. The third kappa shape index (κ3) is 2.24. The molecule has 2 aliphatic carbocycles. The maximum Gasteiger partial charge on any atom is 0.271 e. The van der Waals surface area contributed by atoms with Crippen molar-refractivity contribution in [2.45, 2.75) is 57.7 Å². The zero-order valence-electron chi connectivity index (χ0n) is 12.8. The SMILES string of the molecule is CC1(C)C2CCC1(C)C(NCc1ccc(S(N)(=O)=O)o1)C2. The van der Waals surface area contributed by atoms with Gasteiger partial charge < -0.3 is 9.73 Å². The monoisotopic (exact) mass is 312 g/mol. The van der Waals surface area contributed by atoms with E-state index in [9.17, 15) is 8.42 Å². The number of primary sulfonamides is 1. The van der Waals surface area contributed by atoms with E-state index in [1.165, 1.54) is 25.3 Å². The number of hydrogen-bond donors (Lipinski definition) is 2. The molecule has 2 aliphatic rings. The Kier molecular flexibility index (Phi) is 3.28. The van der Waals surface area contributed by atoms with Crippen molar-refractivity contribution in [3.05, 3.63) is 17.9 Å². The molecule has 5 nitrogen and oxygen atoms in total. The number of nitrogens with two attached hydrogens (primary N) is 1. The second-order valence-corrected chi connectivity index (χ2v) is 8.80. The number of sulfonamides is 1. The number of furan rings is 1. The first-order valence-corrected chi connectivity index (χ1v) is 9.04. The molecule has 2 bridgehead atoms. The Hall–Kier alpha value is -0.850. The molecule has 0 saturated heterocycles. The minimum Gasteiger partial charge on any atom is -0.447 e. The molecule has 3 N–H and O–H groups in total. The first-order valence-electron chi connectivity index (χ1n) is 7.49. The summed E-state index contributed by atoms with van der Waals surface area (Å²) in [5, 5.41) is 8.45. The van der Waals surface area contributed by atoms with Crippen molar-refractivity contribution in [2.75, 3.05) is 0 Å². The zero-order valence-corrected chi connectivity index (χ0v) is 13.7. The minimum absolute atomic E-state index is 0.168. The lowest BCUT2D eigenvalue weighted by Crippen LogP contribution is -2.44. The normalized spacial score (nSPS) is 34.5. The smallest absolute Gasteiger partial charge is 0.271 e. The molecule has 0 spiro atoms. The molecule has 3 unspecified atom stereocenters. The summed E-state index contributed by atoms with van der Waals surface area (Å²) >= 11 is 0. The fourth-order valence-corrected chi connectivity index (χ4v) is 4.82. The highest BCUT2D eigenvalue weighted by Crippen LogP contribution is 2.65. The predicted molar refractivity (Wildman–Crippen MR) is 79.9 cm³/mol. The van der Waals surface area contributed by atoms with Crippen molar-refractivity contribution in [1.29, 1.82) is 0 Å². The second-order valence-electron chi connectivity index (χ2n) is 7.31.